The van der Waals surface area contributed by atoms with E-state index >= 15 is 0 Å². The fourth-order valence-corrected chi connectivity index (χ4v) is 4.70. The minimum atomic E-state index is -0.615. The molecule has 1 atom stereocenters. The van der Waals surface area contributed by atoms with E-state index in [1.54, 1.807) is 28.5 Å². The van der Waals surface area contributed by atoms with Crippen LogP contribution in [0.25, 0.3) is 10.4 Å². The van der Waals surface area contributed by atoms with Gasteiger partial charge in [-0.3, -0.25) is 14.7 Å². The second-order valence-corrected chi connectivity index (χ2v) is 8.39. The molecule has 0 aliphatic carbocycles. The number of rotatable bonds is 6. The van der Waals surface area contributed by atoms with Crippen molar-refractivity contribution in [1.82, 2.24) is 20.4 Å². The van der Waals surface area contributed by atoms with Crippen LogP contribution in [0.5, 0.6) is 0 Å². The summed E-state index contributed by atoms with van der Waals surface area (Å²) in [6.07, 6.45) is 2.82. The number of carbonyl (C=O) groups is 2. The second kappa shape index (κ2) is 8.21. The van der Waals surface area contributed by atoms with Crippen LogP contribution in [0.1, 0.15) is 29.4 Å². The van der Waals surface area contributed by atoms with Crippen molar-refractivity contribution < 1.29 is 9.59 Å². The van der Waals surface area contributed by atoms with E-state index in [9.17, 15) is 9.59 Å². The molecular weight excluding hydrogens is 384 g/mol. The molecule has 1 aliphatic heterocycles. The third-order valence-electron chi connectivity index (χ3n) is 5.49. The molecule has 6 nitrogen and oxygen atoms in total. The van der Waals surface area contributed by atoms with Gasteiger partial charge in [-0.15, -0.1) is 11.3 Å². The molecule has 0 spiro atoms. The highest BCUT2D eigenvalue weighted by molar-refractivity contribution is 7.13. The largest absolute Gasteiger partial charge is 0.356 e. The minimum absolute atomic E-state index is 0.0160. The molecule has 0 unspecified atom stereocenters. The zero-order valence-corrected chi connectivity index (χ0v) is 17.2. The van der Waals surface area contributed by atoms with Crippen molar-refractivity contribution in [3.63, 3.8) is 0 Å². The Balaban J connectivity index is 1.54. The predicted octanol–water partition coefficient (Wildman–Crippen LogP) is 3.35. The van der Waals surface area contributed by atoms with Crippen molar-refractivity contribution in [2.45, 2.75) is 19.8 Å². The van der Waals surface area contributed by atoms with Crippen LogP contribution in [0.3, 0.4) is 0 Å². The molecule has 29 heavy (non-hydrogen) atoms. The summed E-state index contributed by atoms with van der Waals surface area (Å²) in [6, 6.07) is 14.2. The van der Waals surface area contributed by atoms with E-state index in [0.29, 0.717) is 38.2 Å². The van der Waals surface area contributed by atoms with Gasteiger partial charge in [0.15, 0.2) is 0 Å². The molecule has 2 N–H and O–H groups in total. The molecule has 2 amide bonds. The molecular formula is C22H24N4O2S. The Morgan fingerprint density at radius 2 is 2.07 bits per heavy atom. The number of benzene rings is 1. The van der Waals surface area contributed by atoms with Crippen LogP contribution >= 0.6 is 11.3 Å². The maximum atomic E-state index is 13.0. The van der Waals surface area contributed by atoms with Gasteiger partial charge in [0.1, 0.15) is 5.69 Å². The van der Waals surface area contributed by atoms with Crippen molar-refractivity contribution in [3.05, 3.63) is 65.3 Å². The fraction of sp³-hybridized carbons (Fsp3) is 0.318. The number of aromatic nitrogens is 2. The summed E-state index contributed by atoms with van der Waals surface area (Å²) in [5.41, 5.74) is 2.12. The third-order valence-corrected chi connectivity index (χ3v) is 6.41. The van der Waals surface area contributed by atoms with E-state index in [-0.39, 0.29) is 11.8 Å². The Bertz CT molecular complexity index is 967. The van der Waals surface area contributed by atoms with Gasteiger partial charge in [-0.2, -0.15) is 5.10 Å². The van der Waals surface area contributed by atoms with Crippen molar-refractivity contribution in [3.8, 4) is 10.4 Å². The number of carbonyl (C=O) groups excluding carboxylic acids is 2. The van der Waals surface area contributed by atoms with Gasteiger partial charge >= 0.3 is 0 Å². The summed E-state index contributed by atoms with van der Waals surface area (Å²) >= 11 is 1.71. The van der Waals surface area contributed by atoms with Crippen molar-refractivity contribution in [1.29, 1.82) is 0 Å². The van der Waals surface area contributed by atoms with Crippen LogP contribution in [-0.4, -0.2) is 46.5 Å². The average molecular weight is 409 g/mol. The van der Waals surface area contributed by atoms with Crippen molar-refractivity contribution >= 4 is 23.2 Å². The van der Waals surface area contributed by atoms with E-state index < -0.39 is 5.41 Å². The zero-order chi connectivity index (χ0) is 20.3. The average Bonchev–Trinajstić information content (AvgIpc) is 3.50. The van der Waals surface area contributed by atoms with E-state index in [2.05, 4.69) is 51.2 Å². The summed E-state index contributed by atoms with van der Waals surface area (Å²) < 4.78 is 0. The highest BCUT2D eigenvalue weighted by Gasteiger charge is 2.46. The Hall–Kier alpha value is -2.93. The van der Waals surface area contributed by atoms with Gasteiger partial charge in [0.25, 0.3) is 5.91 Å². The smallest absolute Gasteiger partial charge is 0.271 e. The third kappa shape index (κ3) is 3.96. The summed E-state index contributed by atoms with van der Waals surface area (Å²) in [6.45, 7) is 3.46. The van der Waals surface area contributed by atoms with Crippen LogP contribution < -0.4 is 5.32 Å². The van der Waals surface area contributed by atoms with Gasteiger partial charge in [0.05, 0.1) is 5.41 Å². The number of hydrogen-bond acceptors (Lipinski definition) is 4. The molecule has 0 radical (unpaired) electrons. The Morgan fingerprint density at radius 1 is 1.24 bits per heavy atom. The fourth-order valence-electron chi connectivity index (χ4n) is 3.97. The number of amides is 2. The lowest BCUT2D eigenvalue weighted by Gasteiger charge is -2.28. The molecule has 4 rings (SSSR count). The van der Waals surface area contributed by atoms with Gasteiger partial charge in [0, 0.05) is 30.7 Å². The number of H-pyrrole nitrogens is 1. The molecule has 1 aliphatic rings. The SMILES string of the molecule is CCNC(=O)[C@@]1(Cc2ccc(-c3cccs3)cc2)CCN(C(=O)c2ccn[nH]2)C1. The Kier molecular flexibility index (Phi) is 5.49. The highest BCUT2D eigenvalue weighted by Crippen LogP contribution is 2.36. The van der Waals surface area contributed by atoms with Crippen LogP contribution in [0, 0.1) is 5.41 Å². The number of thiophene rings is 1. The Labute approximate surface area is 173 Å². The van der Waals surface area contributed by atoms with Gasteiger partial charge in [0.2, 0.25) is 5.91 Å². The molecule has 0 bridgehead atoms. The van der Waals surface area contributed by atoms with E-state index in [1.165, 1.54) is 10.4 Å². The maximum Gasteiger partial charge on any atom is 0.271 e. The first-order valence-electron chi connectivity index (χ1n) is 9.81. The monoisotopic (exact) mass is 408 g/mol. The zero-order valence-electron chi connectivity index (χ0n) is 16.4. The summed E-state index contributed by atoms with van der Waals surface area (Å²) in [5.74, 6) is -0.0936. The minimum Gasteiger partial charge on any atom is -0.356 e. The number of hydrogen-bond donors (Lipinski definition) is 2. The van der Waals surface area contributed by atoms with Crippen LogP contribution in [0.2, 0.25) is 0 Å². The summed E-state index contributed by atoms with van der Waals surface area (Å²) in [5, 5.41) is 11.6. The molecule has 3 aromatic rings. The highest BCUT2D eigenvalue weighted by atomic mass is 32.1. The molecule has 0 saturated carbocycles. The normalized spacial score (nSPS) is 18.7. The first-order chi connectivity index (χ1) is 14.1. The first kappa shape index (κ1) is 19.4. The van der Waals surface area contributed by atoms with Crippen molar-refractivity contribution in [2.75, 3.05) is 19.6 Å². The lowest BCUT2D eigenvalue weighted by molar-refractivity contribution is -0.130. The number of aromatic amines is 1. The number of likely N-dealkylation sites (tertiary alicyclic amines) is 1. The van der Waals surface area contributed by atoms with Gasteiger partial charge in [-0.1, -0.05) is 30.3 Å². The maximum absolute atomic E-state index is 13.0. The predicted molar refractivity (Wildman–Crippen MR) is 114 cm³/mol. The standard InChI is InChI=1S/C22H24N4O2S/c1-2-23-21(28)22(10-12-26(15-22)20(27)18-9-11-24-25-18)14-16-5-7-17(8-6-16)19-4-3-13-29-19/h3-9,11,13H,2,10,12,14-15H2,1H3,(H,23,28)(H,24,25)/t22-/m1/s1. The first-order valence-corrected chi connectivity index (χ1v) is 10.7. The molecule has 3 heterocycles. The van der Waals surface area contributed by atoms with Gasteiger partial charge < -0.3 is 10.2 Å². The second-order valence-electron chi connectivity index (χ2n) is 7.44. The van der Waals surface area contributed by atoms with Gasteiger partial charge in [-0.05, 0) is 48.4 Å². The molecule has 1 aromatic carbocycles. The summed E-state index contributed by atoms with van der Waals surface area (Å²) in [7, 11) is 0. The number of nitrogens with zero attached hydrogens (tertiary/aromatic N) is 2. The lowest BCUT2D eigenvalue weighted by atomic mass is 9.79. The molecule has 150 valence electrons. The van der Waals surface area contributed by atoms with E-state index in [0.717, 1.165) is 5.56 Å². The molecule has 1 saturated heterocycles. The van der Waals surface area contributed by atoms with Crippen LogP contribution in [0.4, 0.5) is 0 Å². The van der Waals surface area contributed by atoms with Crippen molar-refractivity contribution in [2.24, 2.45) is 5.41 Å². The molecule has 2 aromatic heterocycles. The topological polar surface area (TPSA) is 78.1 Å². The lowest BCUT2D eigenvalue weighted by Crippen LogP contribution is -2.45. The van der Waals surface area contributed by atoms with Gasteiger partial charge in [-0.25, -0.2) is 0 Å². The number of nitrogens with one attached hydrogen (secondary N) is 2. The van der Waals surface area contributed by atoms with E-state index in [4.69, 9.17) is 0 Å². The molecule has 1 fully saturated rings. The molecule has 7 heteroatoms. The van der Waals surface area contributed by atoms with E-state index in [1.807, 2.05) is 13.0 Å². The Morgan fingerprint density at radius 3 is 2.72 bits per heavy atom. The quantitative estimate of drug-likeness (QED) is 0.657. The summed E-state index contributed by atoms with van der Waals surface area (Å²) in [4.78, 5) is 28.7. The van der Waals surface area contributed by atoms with Crippen LogP contribution in [0.15, 0.2) is 54.0 Å². The van der Waals surface area contributed by atoms with Crippen LogP contribution in [-0.2, 0) is 11.2 Å².